The molecule has 6 heteroatoms. The molecule has 1 saturated heterocycles. The number of benzene rings is 1. The monoisotopic (exact) mass is 466 g/mol. The van der Waals surface area contributed by atoms with E-state index in [1.54, 1.807) is 0 Å². The van der Waals surface area contributed by atoms with Gasteiger partial charge in [0.15, 0.2) is 11.5 Å². The van der Waals surface area contributed by atoms with E-state index in [1.807, 2.05) is 0 Å². The molecule has 2 N–H and O–H groups in total. The van der Waals surface area contributed by atoms with Crippen LogP contribution >= 0.6 is 0 Å². The highest BCUT2D eigenvalue weighted by atomic mass is 16.6. The summed E-state index contributed by atoms with van der Waals surface area (Å²) in [5, 5.41) is 18.4. The lowest BCUT2D eigenvalue weighted by Crippen LogP contribution is -2.31. The third kappa shape index (κ3) is 8.13. The summed E-state index contributed by atoms with van der Waals surface area (Å²) >= 11 is 0. The van der Waals surface area contributed by atoms with Crippen LogP contribution in [0.1, 0.15) is 77.8 Å². The Kier molecular flexibility index (Phi) is 10.9. The van der Waals surface area contributed by atoms with Gasteiger partial charge in [-0.2, -0.15) is 0 Å². The third-order valence-corrected chi connectivity index (χ3v) is 6.71. The molecule has 0 radical (unpaired) electrons. The van der Waals surface area contributed by atoms with Gasteiger partial charge in [0.25, 0.3) is 0 Å². The summed E-state index contributed by atoms with van der Waals surface area (Å²) in [6.07, 6.45) is 5.33. The molecular weight excluding hydrogens is 420 g/mol. The van der Waals surface area contributed by atoms with Crippen LogP contribution in [0.25, 0.3) is 0 Å². The molecule has 0 amide bonds. The van der Waals surface area contributed by atoms with Crippen LogP contribution in [0.15, 0.2) is 12.1 Å². The summed E-state index contributed by atoms with van der Waals surface area (Å²) in [7, 11) is 0. The average Bonchev–Trinajstić information content (AvgIpc) is 3.06. The maximum absolute atomic E-state index is 9.54. The van der Waals surface area contributed by atoms with Gasteiger partial charge >= 0.3 is 0 Å². The fourth-order valence-corrected chi connectivity index (χ4v) is 4.48. The molecule has 0 aromatic heterocycles. The van der Waals surface area contributed by atoms with E-state index in [0.29, 0.717) is 26.4 Å². The first-order chi connectivity index (χ1) is 15.6. The molecule has 190 valence electrons. The molecule has 1 aromatic rings. The number of hydrogen-bond donors (Lipinski definition) is 2. The predicted octanol–water partition coefficient (Wildman–Crippen LogP) is 4.80. The summed E-state index contributed by atoms with van der Waals surface area (Å²) in [5.41, 5.74) is 2.24. The molecule has 0 saturated carbocycles. The second kappa shape index (κ2) is 12.9. The molecule has 2 rings (SSSR count). The van der Waals surface area contributed by atoms with Crippen molar-refractivity contribution in [1.29, 1.82) is 0 Å². The van der Waals surface area contributed by atoms with Crippen molar-refractivity contribution in [2.45, 2.75) is 91.3 Å². The van der Waals surface area contributed by atoms with E-state index in [0.717, 1.165) is 29.9 Å². The molecule has 0 spiro atoms. The van der Waals surface area contributed by atoms with Crippen molar-refractivity contribution in [2.75, 3.05) is 39.6 Å². The van der Waals surface area contributed by atoms with Crippen molar-refractivity contribution in [2.24, 2.45) is 5.41 Å². The standard InChI is InChI=1S/C27H46O6/c1-7-8-9-10-26(3,4)21-15-20(2)25(31-14-13-30-12-11-28)23(16-21)32-19-24-27(5,6)17-22(18-29)33-24/h15-16,22,24,28-29H,7-14,17-19H2,1-6H3. The van der Waals surface area contributed by atoms with Crippen LogP contribution in [-0.4, -0.2) is 62.1 Å². The van der Waals surface area contributed by atoms with E-state index in [2.05, 4.69) is 53.7 Å². The van der Waals surface area contributed by atoms with Crippen LogP contribution in [-0.2, 0) is 14.9 Å². The second-order valence-electron chi connectivity index (χ2n) is 10.6. The number of rotatable bonds is 15. The Bertz CT molecular complexity index is 715. The van der Waals surface area contributed by atoms with Crippen molar-refractivity contribution in [1.82, 2.24) is 0 Å². The van der Waals surface area contributed by atoms with E-state index >= 15 is 0 Å². The summed E-state index contributed by atoms with van der Waals surface area (Å²) in [5.74, 6) is 1.45. The predicted molar refractivity (Wildman–Crippen MR) is 131 cm³/mol. The van der Waals surface area contributed by atoms with E-state index in [4.69, 9.17) is 24.1 Å². The van der Waals surface area contributed by atoms with Gasteiger partial charge in [0.2, 0.25) is 0 Å². The molecule has 1 aliphatic heterocycles. The lowest BCUT2D eigenvalue weighted by Gasteiger charge is -2.29. The number of aryl methyl sites for hydroxylation is 1. The van der Waals surface area contributed by atoms with Gasteiger partial charge in [-0.25, -0.2) is 0 Å². The van der Waals surface area contributed by atoms with Crippen LogP contribution in [0.5, 0.6) is 11.5 Å². The van der Waals surface area contributed by atoms with Crippen molar-refractivity contribution >= 4 is 0 Å². The average molecular weight is 467 g/mol. The largest absolute Gasteiger partial charge is 0.487 e. The minimum Gasteiger partial charge on any atom is -0.487 e. The van der Waals surface area contributed by atoms with Crippen molar-refractivity contribution in [3.8, 4) is 11.5 Å². The highest BCUT2D eigenvalue weighted by molar-refractivity contribution is 5.50. The van der Waals surface area contributed by atoms with Crippen molar-refractivity contribution in [3.05, 3.63) is 23.3 Å². The van der Waals surface area contributed by atoms with E-state index < -0.39 is 0 Å². The van der Waals surface area contributed by atoms with Gasteiger partial charge < -0.3 is 29.2 Å². The molecule has 1 heterocycles. The fraction of sp³-hybridized carbons (Fsp3) is 0.778. The highest BCUT2D eigenvalue weighted by Gasteiger charge is 2.41. The molecule has 6 nitrogen and oxygen atoms in total. The summed E-state index contributed by atoms with van der Waals surface area (Å²) in [6.45, 7) is 14.7. The minimum absolute atomic E-state index is 0.00120. The van der Waals surface area contributed by atoms with Gasteiger partial charge in [-0.3, -0.25) is 0 Å². The van der Waals surface area contributed by atoms with Gasteiger partial charge in [-0.1, -0.05) is 59.9 Å². The van der Waals surface area contributed by atoms with Crippen molar-refractivity contribution < 1.29 is 29.2 Å². The van der Waals surface area contributed by atoms with Gasteiger partial charge in [-0.15, -0.1) is 0 Å². The Morgan fingerprint density at radius 2 is 1.85 bits per heavy atom. The second-order valence-corrected chi connectivity index (χ2v) is 10.6. The number of aliphatic hydroxyl groups excluding tert-OH is 2. The molecule has 33 heavy (non-hydrogen) atoms. The van der Waals surface area contributed by atoms with E-state index in [9.17, 15) is 5.11 Å². The molecule has 2 atom stereocenters. The Hall–Kier alpha value is -1.34. The number of unbranched alkanes of at least 4 members (excludes halogenated alkanes) is 2. The van der Waals surface area contributed by atoms with Crippen LogP contribution < -0.4 is 9.47 Å². The fourth-order valence-electron chi connectivity index (χ4n) is 4.48. The van der Waals surface area contributed by atoms with E-state index in [1.165, 1.54) is 24.8 Å². The van der Waals surface area contributed by atoms with Gasteiger partial charge in [0.05, 0.1) is 38.6 Å². The molecule has 0 aliphatic carbocycles. The summed E-state index contributed by atoms with van der Waals surface area (Å²) < 4.78 is 23.8. The third-order valence-electron chi connectivity index (χ3n) is 6.71. The van der Waals surface area contributed by atoms with Crippen LogP contribution in [0.2, 0.25) is 0 Å². The smallest absolute Gasteiger partial charge is 0.164 e. The van der Waals surface area contributed by atoms with Gasteiger partial charge in [-0.05, 0) is 47.8 Å². The van der Waals surface area contributed by atoms with Crippen molar-refractivity contribution in [3.63, 3.8) is 0 Å². The van der Waals surface area contributed by atoms with E-state index in [-0.39, 0.29) is 36.3 Å². The lowest BCUT2D eigenvalue weighted by molar-refractivity contribution is -0.0268. The summed E-state index contributed by atoms with van der Waals surface area (Å²) in [6, 6.07) is 4.33. The van der Waals surface area contributed by atoms with Gasteiger partial charge in [0.1, 0.15) is 13.2 Å². The molecule has 1 fully saturated rings. The zero-order chi connectivity index (χ0) is 24.5. The topological polar surface area (TPSA) is 77.4 Å². The summed E-state index contributed by atoms with van der Waals surface area (Å²) in [4.78, 5) is 0. The first-order valence-corrected chi connectivity index (χ1v) is 12.5. The molecular formula is C27H46O6. The number of hydrogen-bond acceptors (Lipinski definition) is 6. The lowest BCUT2D eigenvalue weighted by atomic mass is 9.79. The SMILES string of the molecule is CCCCCC(C)(C)c1cc(C)c(OCCOCCO)c(OCC2OC(CO)CC2(C)C)c1. The molecule has 2 unspecified atom stereocenters. The number of ether oxygens (including phenoxy) is 4. The maximum Gasteiger partial charge on any atom is 0.164 e. The quantitative estimate of drug-likeness (QED) is 0.362. The van der Waals surface area contributed by atoms with Crippen LogP contribution in [0, 0.1) is 12.3 Å². The van der Waals surface area contributed by atoms with Gasteiger partial charge in [0, 0.05) is 0 Å². The first-order valence-electron chi connectivity index (χ1n) is 12.5. The Labute approximate surface area is 200 Å². The highest BCUT2D eigenvalue weighted by Crippen LogP contribution is 2.41. The minimum atomic E-state index is -0.140. The zero-order valence-electron chi connectivity index (χ0n) is 21.6. The number of aliphatic hydroxyl groups is 2. The molecule has 1 aliphatic rings. The zero-order valence-corrected chi connectivity index (χ0v) is 21.6. The Balaban J connectivity index is 2.22. The normalized spacial score (nSPS) is 20.2. The Morgan fingerprint density at radius 1 is 1.09 bits per heavy atom. The maximum atomic E-state index is 9.54. The first kappa shape index (κ1) is 27.9. The van der Waals surface area contributed by atoms with Crippen LogP contribution in [0.3, 0.4) is 0 Å². The molecule has 1 aromatic carbocycles. The molecule has 0 bridgehead atoms. The Morgan fingerprint density at radius 3 is 2.48 bits per heavy atom. The van der Waals surface area contributed by atoms with Crippen LogP contribution in [0.4, 0.5) is 0 Å².